The van der Waals surface area contributed by atoms with Crippen molar-refractivity contribution >= 4 is 0 Å². The van der Waals surface area contributed by atoms with Gasteiger partial charge in [0.25, 0.3) is 0 Å². The predicted octanol–water partition coefficient (Wildman–Crippen LogP) is 1.24. The molecule has 0 bridgehead atoms. The molecule has 1 heterocycles. The highest BCUT2D eigenvalue weighted by molar-refractivity contribution is 5.28. The molecule has 0 aliphatic heterocycles. The van der Waals surface area contributed by atoms with Crippen molar-refractivity contribution in [2.75, 3.05) is 6.54 Å². The van der Waals surface area contributed by atoms with Gasteiger partial charge in [0, 0.05) is 20.1 Å². The van der Waals surface area contributed by atoms with E-state index in [4.69, 9.17) is 0 Å². The number of hydrogen-bond donors (Lipinski definition) is 2. The van der Waals surface area contributed by atoms with Crippen LogP contribution in [0, 0.1) is 0 Å². The van der Waals surface area contributed by atoms with Gasteiger partial charge in [0.1, 0.15) is 5.75 Å². The fourth-order valence-corrected chi connectivity index (χ4v) is 1.80. The number of alkyl halides is 2. The minimum absolute atomic E-state index is 0.0647. The number of rotatable bonds is 7. The summed E-state index contributed by atoms with van der Waals surface area (Å²) in [4.78, 5) is 0. The summed E-state index contributed by atoms with van der Waals surface area (Å²) in [5, 5.41) is 20.6. The molecule has 2 aromatic rings. The van der Waals surface area contributed by atoms with Gasteiger partial charge in [-0.1, -0.05) is 17.3 Å². The van der Waals surface area contributed by atoms with Crippen molar-refractivity contribution in [3.05, 3.63) is 41.7 Å². The van der Waals surface area contributed by atoms with Crippen LogP contribution in [0.4, 0.5) is 8.78 Å². The van der Waals surface area contributed by atoms with Crippen molar-refractivity contribution in [1.82, 2.24) is 20.3 Å². The second kappa shape index (κ2) is 7.09. The molecule has 6 nitrogen and oxygen atoms in total. The zero-order valence-electron chi connectivity index (χ0n) is 11.4. The van der Waals surface area contributed by atoms with E-state index in [2.05, 4.69) is 20.4 Å². The third kappa shape index (κ3) is 4.47. The molecule has 114 valence electrons. The highest BCUT2D eigenvalue weighted by Gasteiger charge is 2.09. The molecule has 0 fully saturated rings. The number of halogens is 2. The lowest BCUT2D eigenvalue weighted by Crippen LogP contribution is -2.22. The number of benzene rings is 1. The third-order valence-electron chi connectivity index (χ3n) is 2.94. The Morgan fingerprint density at radius 1 is 1.33 bits per heavy atom. The Hall–Kier alpha value is -2.06. The molecule has 1 unspecified atom stereocenters. The fourth-order valence-electron chi connectivity index (χ4n) is 1.80. The number of nitrogens with one attached hydrogen (secondary N) is 1. The Bertz CT molecular complexity index is 560. The summed E-state index contributed by atoms with van der Waals surface area (Å²) in [6, 6.07) is 5.90. The van der Waals surface area contributed by atoms with E-state index in [0.29, 0.717) is 18.7 Å². The fraction of sp³-hybridized carbons (Fsp3) is 0.385. The third-order valence-corrected chi connectivity index (χ3v) is 2.94. The van der Waals surface area contributed by atoms with Crippen molar-refractivity contribution in [3.63, 3.8) is 0 Å². The summed E-state index contributed by atoms with van der Waals surface area (Å²) in [6.07, 6.45) is 0.891. The van der Waals surface area contributed by atoms with E-state index in [-0.39, 0.29) is 5.75 Å². The molecular weight excluding hydrogens is 282 g/mol. The van der Waals surface area contributed by atoms with Crippen LogP contribution >= 0.6 is 0 Å². The minimum Gasteiger partial charge on any atom is -0.435 e. The lowest BCUT2D eigenvalue weighted by molar-refractivity contribution is -0.0498. The van der Waals surface area contributed by atoms with Gasteiger partial charge in [-0.05, 0) is 17.7 Å². The van der Waals surface area contributed by atoms with Gasteiger partial charge in [-0.3, -0.25) is 4.68 Å². The van der Waals surface area contributed by atoms with E-state index in [1.807, 2.05) is 0 Å². The molecule has 1 aromatic heterocycles. The summed E-state index contributed by atoms with van der Waals surface area (Å²) in [5.41, 5.74) is 1.51. The van der Waals surface area contributed by atoms with E-state index in [1.165, 1.54) is 12.1 Å². The summed E-state index contributed by atoms with van der Waals surface area (Å²) < 4.78 is 29.9. The van der Waals surface area contributed by atoms with Gasteiger partial charge in [-0.15, -0.1) is 5.10 Å². The molecular formula is C13H16F2N4O2. The highest BCUT2D eigenvalue weighted by atomic mass is 19.3. The monoisotopic (exact) mass is 298 g/mol. The molecule has 0 amide bonds. The average Bonchev–Trinajstić information content (AvgIpc) is 2.84. The smallest absolute Gasteiger partial charge is 0.387 e. The average molecular weight is 298 g/mol. The molecule has 8 heteroatoms. The maximum absolute atomic E-state index is 12.0. The van der Waals surface area contributed by atoms with Crippen molar-refractivity contribution in [2.24, 2.45) is 7.05 Å². The number of nitrogens with zero attached hydrogens (tertiary/aromatic N) is 3. The normalized spacial score (nSPS) is 12.6. The van der Waals surface area contributed by atoms with Crippen LogP contribution in [0.1, 0.15) is 17.4 Å². The first-order chi connectivity index (χ1) is 10.1. The van der Waals surface area contributed by atoms with E-state index >= 15 is 0 Å². The summed E-state index contributed by atoms with van der Waals surface area (Å²) in [7, 11) is 1.78. The maximum Gasteiger partial charge on any atom is 0.387 e. The molecule has 0 spiro atoms. The van der Waals surface area contributed by atoms with E-state index < -0.39 is 12.7 Å². The van der Waals surface area contributed by atoms with Crippen LogP contribution < -0.4 is 10.1 Å². The molecule has 0 aliphatic rings. The van der Waals surface area contributed by atoms with Crippen LogP contribution in [0.3, 0.4) is 0 Å². The quantitative estimate of drug-likeness (QED) is 0.804. The second-order valence-electron chi connectivity index (χ2n) is 4.44. The van der Waals surface area contributed by atoms with Gasteiger partial charge in [-0.2, -0.15) is 8.78 Å². The van der Waals surface area contributed by atoms with Crippen molar-refractivity contribution in [1.29, 1.82) is 0 Å². The Kier molecular flexibility index (Phi) is 5.18. The van der Waals surface area contributed by atoms with Crippen molar-refractivity contribution in [2.45, 2.75) is 19.3 Å². The van der Waals surface area contributed by atoms with Gasteiger partial charge >= 0.3 is 6.61 Å². The van der Waals surface area contributed by atoms with Gasteiger partial charge < -0.3 is 15.2 Å². The lowest BCUT2D eigenvalue weighted by Gasteiger charge is -2.13. The number of aryl methyl sites for hydroxylation is 1. The van der Waals surface area contributed by atoms with Crippen LogP contribution in [-0.2, 0) is 13.6 Å². The largest absolute Gasteiger partial charge is 0.435 e. The van der Waals surface area contributed by atoms with Crippen molar-refractivity contribution < 1.29 is 18.6 Å². The predicted molar refractivity (Wildman–Crippen MR) is 70.7 cm³/mol. The molecule has 2 rings (SSSR count). The van der Waals surface area contributed by atoms with Gasteiger partial charge in [-0.25, -0.2) is 0 Å². The molecule has 1 atom stereocenters. The van der Waals surface area contributed by atoms with E-state index in [9.17, 15) is 13.9 Å². The maximum atomic E-state index is 12.0. The molecule has 21 heavy (non-hydrogen) atoms. The molecule has 1 aromatic carbocycles. The topological polar surface area (TPSA) is 72.2 Å². The van der Waals surface area contributed by atoms with Gasteiger partial charge in [0.05, 0.1) is 18.0 Å². The zero-order chi connectivity index (χ0) is 15.2. The lowest BCUT2D eigenvalue weighted by atomic mass is 10.1. The van der Waals surface area contributed by atoms with Gasteiger partial charge in [0.15, 0.2) is 0 Å². The van der Waals surface area contributed by atoms with Crippen LogP contribution in [0.5, 0.6) is 5.75 Å². The number of aliphatic hydroxyl groups is 1. The number of aliphatic hydroxyl groups excluding tert-OH is 1. The Labute approximate surface area is 120 Å². The molecule has 2 N–H and O–H groups in total. The zero-order valence-corrected chi connectivity index (χ0v) is 11.4. The standard InChI is InChI=1S/C13H16F2N4O2/c1-19-10(7-17-18-19)6-16-8-12(20)9-2-4-11(5-3-9)21-13(14)15/h2-5,7,12-13,16,20H,6,8H2,1H3. The second-order valence-corrected chi connectivity index (χ2v) is 4.44. The van der Waals surface area contributed by atoms with Crippen molar-refractivity contribution in [3.8, 4) is 5.75 Å². The first-order valence-electron chi connectivity index (χ1n) is 6.33. The van der Waals surface area contributed by atoms with E-state index in [0.717, 1.165) is 5.69 Å². The summed E-state index contributed by atoms with van der Waals surface area (Å²) in [5.74, 6) is 0.0647. The number of aromatic nitrogens is 3. The SMILES string of the molecule is Cn1nncc1CNCC(O)c1ccc(OC(F)F)cc1. The van der Waals surface area contributed by atoms with Crippen LogP contribution in [0.15, 0.2) is 30.5 Å². The Morgan fingerprint density at radius 2 is 2.05 bits per heavy atom. The number of hydrogen-bond acceptors (Lipinski definition) is 5. The first-order valence-corrected chi connectivity index (χ1v) is 6.33. The van der Waals surface area contributed by atoms with Crippen LogP contribution in [0.25, 0.3) is 0 Å². The van der Waals surface area contributed by atoms with E-state index in [1.54, 1.807) is 30.1 Å². The number of ether oxygens (including phenoxy) is 1. The summed E-state index contributed by atoms with van der Waals surface area (Å²) >= 11 is 0. The molecule has 0 radical (unpaired) electrons. The van der Waals surface area contributed by atoms with Crippen LogP contribution in [-0.4, -0.2) is 33.3 Å². The van der Waals surface area contributed by atoms with Crippen LogP contribution in [0.2, 0.25) is 0 Å². The highest BCUT2D eigenvalue weighted by Crippen LogP contribution is 2.19. The minimum atomic E-state index is -2.85. The molecule has 0 saturated heterocycles. The Morgan fingerprint density at radius 3 is 2.62 bits per heavy atom. The summed E-state index contributed by atoms with van der Waals surface area (Å²) in [6.45, 7) is -2.01. The molecule has 0 saturated carbocycles. The Balaban J connectivity index is 1.82. The molecule has 0 aliphatic carbocycles. The first kappa shape index (κ1) is 15.3. The van der Waals surface area contributed by atoms with Gasteiger partial charge in [0.2, 0.25) is 0 Å².